The molecule has 4 aromatic carbocycles. The standard InChI is InChI=1S/C30H29N3O4S/c1-21-15-17-24(18-16-21)38(36,37)33-27-14-8-12-25(22(27)2)30(35)32-28-13-7-6-11-26(28)29(34)31-20-19-23-9-4-3-5-10-23/h3-18,33H,19-20H2,1-2H3,(H,31,34)(H,32,35). The molecular formula is C30H29N3O4S. The smallest absolute Gasteiger partial charge is 0.261 e. The molecule has 0 aliphatic rings. The summed E-state index contributed by atoms with van der Waals surface area (Å²) in [7, 11) is -3.84. The summed E-state index contributed by atoms with van der Waals surface area (Å²) >= 11 is 0. The van der Waals surface area contributed by atoms with E-state index in [2.05, 4.69) is 15.4 Å². The fourth-order valence-electron chi connectivity index (χ4n) is 3.95. The molecule has 0 radical (unpaired) electrons. The molecule has 0 atom stereocenters. The lowest BCUT2D eigenvalue weighted by Gasteiger charge is -2.15. The Hall–Kier alpha value is -4.43. The molecule has 0 bridgehead atoms. The highest BCUT2D eigenvalue weighted by atomic mass is 32.2. The maximum absolute atomic E-state index is 13.2. The van der Waals surface area contributed by atoms with Crippen molar-refractivity contribution in [1.29, 1.82) is 0 Å². The Labute approximate surface area is 223 Å². The first-order valence-electron chi connectivity index (χ1n) is 12.2. The topological polar surface area (TPSA) is 104 Å². The van der Waals surface area contributed by atoms with Gasteiger partial charge in [0.15, 0.2) is 0 Å². The normalized spacial score (nSPS) is 11.0. The summed E-state index contributed by atoms with van der Waals surface area (Å²) in [4.78, 5) is 26.2. The number of sulfonamides is 1. The van der Waals surface area contributed by atoms with Crippen molar-refractivity contribution < 1.29 is 18.0 Å². The minimum atomic E-state index is -3.84. The number of carbonyl (C=O) groups is 2. The van der Waals surface area contributed by atoms with Gasteiger partial charge in [0, 0.05) is 12.1 Å². The highest BCUT2D eigenvalue weighted by Gasteiger charge is 2.19. The molecule has 0 heterocycles. The number of carbonyl (C=O) groups excluding carboxylic acids is 2. The van der Waals surface area contributed by atoms with Crippen molar-refractivity contribution >= 4 is 33.2 Å². The summed E-state index contributed by atoms with van der Waals surface area (Å²) in [5.74, 6) is -0.753. The van der Waals surface area contributed by atoms with Crippen molar-refractivity contribution in [2.24, 2.45) is 0 Å². The van der Waals surface area contributed by atoms with Crippen LogP contribution in [0.5, 0.6) is 0 Å². The average Bonchev–Trinajstić information content (AvgIpc) is 2.91. The van der Waals surface area contributed by atoms with Crippen LogP contribution in [0.1, 0.15) is 37.4 Å². The van der Waals surface area contributed by atoms with Crippen molar-refractivity contribution in [3.63, 3.8) is 0 Å². The van der Waals surface area contributed by atoms with Crippen LogP contribution in [0.2, 0.25) is 0 Å². The Morgan fingerprint density at radius 1 is 0.684 bits per heavy atom. The first-order valence-corrected chi connectivity index (χ1v) is 13.6. The van der Waals surface area contributed by atoms with Crippen LogP contribution in [0.4, 0.5) is 11.4 Å². The van der Waals surface area contributed by atoms with Crippen LogP contribution in [0.15, 0.2) is 102 Å². The molecule has 4 aromatic rings. The summed E-state index contributed by atoms with van der Waals surface area (Å²) in [6.45, 7) is 4.00. The van der Waals surface area contributed by atoms with E-state index in [9.17, 15) is 18.0 Å². The molecule has 4 rings (SSSR count). The Kier molecular flexibility index (Phi) is 8.23. The van der Waals surface area contributed by atoms with Gasteiger partial charge in [-0.3, -0.25) is 14.3 Å². The lowest BCUT2D eigenvalue weighted by molar-refractivity contribution is 0.0955. The highest BCUT2D eigenvalue weighted by Crippen LogP contribution is 2.24. The molecule has 0 aliphatic heterocycles. The van der Waals surface area contributed by atoms with Gasteiger partial charge in [-0.15, -0.1) is 0 Å². The monoisotopic (exact) mass is 527 g/mol. The largest absolute Gasteiger partial charge is 0.352 e. The van der Waals surface area contributed by atoms with Crippen molar-refractivity contribution in [1.82, 2.24) is 5.32 Å². The van der Waals surface area contributed by atoms with Gasteiger partial charge >= 0.3 is 0 Å². The van der Waals surface area contributed by atoms with E-state index in [1.807, 2.05) is 37.3 Å². The molecule has 194 valence electrons. The highest BCUT2D eigenvalue weighted by molar-refractivity contribution is 7.92. The van der Waals surface area contributed by atoms with E-state index >= 15 is 0 Å². The van der Waals surface area contributed by atoms with E-state index in [4.69, 9.17) is 0 Å². The van der Waals surface area contributed by atoms with Crippen LogP contribution < -0.4 is 15.4 Å². The molecule has 0 spiro atoms. The number of benzene rings is 4. The Bertz CT molecular complexity index is 1550. The molecule has 0 aliphatic carbocycles. The van der Waals surface area contributed by atoms with Gasteiger partial charge in [-0.05, 0) is 67.8 Å². The van der Waals surface area contributed by atoms with Crippen LogP contribution >= 0.6 is 0 Å². The zero-order chi connectivity index (χ0) is 27.1. The van der Waals surface area contributed by atoms with Gasteiger partial charge in [-0.25, -0.2) is 8.42 Å². The second kappa shape index (κ2) is 11.7. The zero-order valence-corrected chi connectivity index (χ0v) is 22.0. The van der Waals surface area contributed by atoms with Gasteiger partial charge in [0.05, 0.1) is 21.8 Å². The maximum atomic E-state index is 13.2. The number of hydrogen-bond acceptors (Lipinski definition) is 4. The summed E-state index contributed by atoms with van der Waals surface area (Å²) in [5.41, 5.74) is 3.80. The SMILES string of the molecule is Cc1ccc(S(=O)(=O)Nc2cccc(C(=O)Nc3ccccc3C(=O)NCCc3ccccc3)c2C)cc1. The van der Waals surface area contributed by atoms with E-state index in [0.717, 1.165) is 11.1 Å². The van der Waals surface area contributed by atoms with Crippen molar-refractivity contribution in [2.75, 3.05) is 16.6 Å². The third-order valence-corrected chi connectivity index (χ3v) is 7.50. The number of anilines is 2. The van der Waals surface area contributed by atoms with Gasteiger partial charge in [0.1, 0.15) is 0 Å². The fraction of sp³-hybridized carbons (Fsp3) is 0.133. The summed E-state index contributed by atoms with van der Waals surface area (Å²) in [6.07, 6.45) is 0.686. The molecule has 38 heavy (non-hydrogen) atoms. The molecular weight excluding hydrogens is 498 g/mol. The van der Waals surface area contributed by atoms with E-state index in [0.29, 0.717) is 35.5 Å². The van der Waals surface area contributed by atoms with Gasteiger partial charge in [0.25, 0.3) is 21.8 Å². The third kappa shape index (κ3) is 6.46. The first-order chi connectivity index (χ1) is 18.2. The van der Waals surface area contributed by atoms with Gasteiger partial charge < -0.3 is 10.6 Å². The number of hydrogen-bond donors (Lipinski definition) is 3. The number of aryl methyl sites for hydroxylation is 1. The fourth-order valence-corrected chi connectivity index (χ4v) is 5.08. The van der Waals surface area contributed by atoms with Gasteiger partial charge in [-0.1, -0.05) is 66.2 Å². The second-order valence-corrected chi connectivity index (χ2v) is 10.6. The predicted octanol–water partition coefficient (Wildman–Crippen LogP) is 5.33. The molecule has 0 saturated carbocycles. The quantitative estimate of drug-likeness (QED) is 0.274. The Morgan fingerprint density at radius 2 is 1.32 bits per heavy atom. The Morgan fingerprint density at radius 3 is 2.05 bits per heavy atom. The average molecular weight is 528 g/mol. The van der Waals surface area contributed by atoms with Crippen LogP contribution in [-0.2, 0) is 16.4 Å². The minimum absolute atomic E-state index is 0.129. The molecule has 0 fully saturated rings. The predicted molar refractivity (Wildman–Crippen MR) is 150 cm³/mol. The van der Waals surface area contributed by atoms with Gasteiger partial charge in [0.2, 0.25) is 0 Å². The molecule has 0 aromatic heterocycles. The lowest BCUT2D eigenvalue weighted by Crippen LogP contribution is -2.27. The molecule has 8 heteroatoms. The zero-order valence-electron chi connectivity index (χ0n) is 21.2. The number of nitrogens with one attached hydrogen (secondary N) is 3. The van der Waals surface area contributed by atoms with E-state index in [1.54, 1.807) is 61.5 Å². The number of rotatable bonds is 9. The lowest BCUT2D eigenvalue weighted by atomic mass is 10.1. The molecule has 3 N–H and O–H groups in total. The molecule has 0 unspecified atom stereocenters. The summed E-state index contributed by atoms with van der Waals surface area (Å²) in [5, 5.41) is 5.71. The maximum Gasteiger partial charge on any atom is 0.261 e. The first kappa shape index (κ1) is 26.6. The van der Waals surface area contributed by atoms with Crippen LogP contribution in [0.25, 0.3) is 0 Å². The van der Waals surface area contributed by atoms with Crippen LogP contribution in [0, 0.1) is 13.8 Å². The van der Waals surface area contributed by atoms with Crippen LogP contribution in [0.3, 0.4) is 0 Å². The van der Waals surface area contributed by atoms with Crippen molar-refractivity contribution in [2.45, 2.75) is 25.2 Å². The van der Waals surface area contributed by atoms with Crippen LogP contribution in [-0.4, -0.2) is 26.8 Å². The minimum Gasteiger partial charge on any atom is -0.352 e. The Balaban J connectivity index is 1.48. The third-order valence-electron chi connectivity index (χ3n) is 6.12. The van der Waals surface area contributed by atoms with E-state index in [1.165, 1.54) is 12.1 Å². The van der Waals surface area contributed by atoms with E-state index < -0.39 is 15.9 Å². The summed E-state index contributed by atoms with van der Waals surface area (Å²) in [6, 6.07) is 27.9. The number of amides is 2. The second-order valence-electron chi connectivity index (χ2n) is 8.89. The van der Waals surface area contributed by atoms with Crippen molar-refractivity contribution in [3.8, 4) is 0 Å². The van der Waals surface area contributed by atoms with Gasteiger partial charge in [-0.2, -0.15) is 0 Å². The van der Waals surface area contributed by atoms with E-state index in [-0.39, 0.29) is 16.4 Å². The van der Waals surface area contributed by atoms with Crippen molar-refractivity contribution in [3.05, 3.63) is 125 Å². The number of para-hydroxylation sites is 1. The molecule has 7 nitrogen and oxygen atoms in total. The summed E-state index contributed by atoms with van der Waals surface area (Å²) < 4.78 is 28.3. The molecule has 0 saturated heterocycles. The molecule has 2 amide bonds.